The summed E-state index contributed by atoms with van der Waals surface area (Å²) in [4.78, 5) is 0. The maximum Gasteiger partial charge on any atom is 0.127 e. The first kappa shape index (κ1) is 13.1. The van der Waals surface area contributed by atoms with Gasteiger partial charge in [-0.25, -0.2) is 8.78 Å². The van der Waals surface area contributed by atoms with Crippen LogP contribution in [0.5, 0.6) is 0 Å². The smallest absolute Gasteiger partial charge is 0.127 e. The van der Waals surface area contributed by atoms with Gasteiger partial charge in [0, 0.05) is 18.2 Å². The van der Waals surface area contributed by atoms with Crippen LogP contribution in [0.25, 0.3) is 0 Å². The molecule has 0 spiro atoms. The minimum Gasteiger partial charge on any atom is -0.389 e. The van der Waals surface area contributed by atoms with E-state index in [4.69, 9.17) is 0 Å². The second-order valence-corrected chi connectivity index (χ2v) is 4.49. The average Bonchev–Trinajstić information content (AvgIpc) is 2.17. The van der Waals surface area contributed by atoms with Gasteiger partial charge in [0.2, 0.25) is 0 Å². The molecule has 0 aliphatic heterocycles. The highest BCUT2D eigenvalue weighted by Crippen LogP contribution is 2.12. The lowest BCUT2D eigenvalue weighted by atomic mass is 10.0. The number of rotatable bonds is 4. The Balaban J connectivity index is 2.64. The standard InChI is InChI=1S/C12H17F2NO/c1-8(12(2,3)16)15-7-9-6-10(13)4-5-11(9)14/h4-6,8,15-16H,7H2,1-3H3. The van der Waals surface area contributed by atoms with Crippen molar-refractivity contribution in [1.29, 1.82) is 0 Å². The van der Waals surface area contributed by atoms with E-state index >= 15 is 0 Å². The highest BCUT2D eigenvalue weighted by Gasteiger charge is 2.21. The number of halogens is 2. The molecule has 4 heteroatoms. The minimum atomic E-state index is -0.899. The van der Waals surface area contributed by atoms with E-state index in [1.807, 2.05) is 0 Å². The van der Waals surface area contributed by atoms with E-state index in [0.717, 1.165) is 18.2 Å². The molecular weight excluding hydrogens is 212 g/mol. The Labute approximate surface area is 94.3 Å². The van der Waals surface area contributed by atoms with E-state index in [1.165, 1.54) is 0 Å². The molecule has 1 rings (SSSR count). The van der Waals surface area contributed by atoms with Crippen LogP contribution in [0.2, 0.25) is 0 Å². The molecule has 16 heavy (non-hydrogen) atoms. The monoisotopic (exact) mass is 229 g/mol. The van der Waals surface area contributed by atoms with Crippen molar-refractivity contribution in [2.24, 2.45) is 0 Å². The lowest BCUT2D eigenvalue weighted by Gasteiger charge is -2.26. The van der Waals surface area contributed by atoms with Crippen molar-refractivity contribution >= 4 is 0 Å². The molecule has 0 bridgehead atoms. The first-order valence-corrected chi connectivity index (χ1v) is 5.20. The molecular formula is C12H17F2NO. The van der Waals surface area contributed by atoms with Crippen LogP contribution in [-0.2, 0) is 6.54 Å². The number of hydrogen-bond acceptors (Lipinski definition) is 2. The fourth-order valence-electron chi connectivity index (χ4n) is 1.19. The molecule has 1 atom stereocenters. The van der Waals surface area contributed by atoms with Crippen molar-refractivity contribution in [2.75, 3.05) is 0 Å². The van der Waals surface area contributed by atoms with E-state index in [-0.39, 0.29) is 18.2 Å². The van der Waals surface area contributed by atoms with Gasteiger partial charge in [-0.05, 0) is 39.0 Å². The van der Waals surface area contributed by atoms with Gasteiger partial charge in [0.25, 0.3) is 0 Å². The third-order valence-corrected chi connectivity index (χ3v) is 2.67. The van der Waals surface area contributed by atoms with Gasteiger partial charge < -0.3 is 10.4 Å². The normalized spacial score (nSPS) is 13.9. The first-order valence-electron chi connectivity index (χ1n) is 5.20. The van der Waals surface area contributed by atoms with E-state index in [0.29, 0.717) is 0 Å². The van der Waals surface area contributed by atoms with Crippen molar-refractivity contribution < 1.29 is 13.9 Å². The van der Waals surface area contributed by atoms with Crippen LogP contribution in [0.1, 0.15) is 26.3 Å². The average molecular weight is 229 g/mol. The third-order valence-electron chi connectivity index (χ3n) is 2.67. The Morgan fingerprint density at radius 3 is 2.56 bits per heavy atom. The van der Waals surface area contributed by atoms with Gasteiger partial charge in [-0.2, -0.15) is 0 Å². The molecule has 1 unspecified atom stereocenters. The summed E-state index contributed by atoms with van der Waals surface area (Å²) in [6, 6.07) is 3.12. The van der Waals surface area contributed by atoms with Crippen LogP contribution >= 0.6 is 0 Å². The van der Waals surface area contributed by atoms with Crippen molar-refractivity contribution in [3.8, 4) is 0 Å². The molecule has 0 aliphatic rings. The summed E-state index contributed by atoms with van der Waals surface area (Å²) >= 11 is 0. The number of benzene rings is 1. The summed E-state index contributed by atoms with van der Waals surface area (Å²) in [6.07, 6.45) is 0. The highest BCUT2D eigenvalue weighted by molar-refractivity contribution is 5.18. The van der Waals surface area contributed by atoms with Gasteiger partial charge >= 0.3 is 0 Å². The van der Waals surface area contributed by atoms with Crippen molar-refractivity contribution in [3.05, 3.63) is 35.4 Å². The first-order chi connectivity index (χ1) is 7.30. The molecule has 1 aromatic carbocycles. The molecule has 0 amide bonds. The molecule has 0 heterocycles. The Hall–Kier alpha value is -1.00. The van der Waals surface area contributed by atoms with Crippen LogP contribution < -0.4 is 5.32 Å². The zero-order valence-electron chi connectivity index (χ0n) is 9.72. The molecule has 0 aromatic heterocycles. The fraction of sp³-hybridized carbons (Fsp3) is 0.500. The van der Waals surface area contributed by atoms with Gasteiger partial charge in [0.1, 0.15) is 11.6 Å². The van der Waals surface area contributed by atoms with E-state index in [1.54, 1.807) is 20.8 Å². The van der Waals surface area contributed by atoms with Crippen LogP contribution in [0.4, 0.5) is 8.78 Å². The second kappa shape index (κ2) is 4.89. The Kier molecular flexibility index (Phi) is 3.99. The van der Waals surface area contributed by atoms with Crippen LogP contribution in [0, 0.1) is 11.6 Å². The van der Waals surface area contributed by atoms with Crippen molar-refractivity contribution in [3.63, 3.8) is 0 Å². The predicted molar refractivity (Wildman–Crippen MR) is 59.0 cm³/mol. The van der Waals surface area contributed by atoms with Crippen LogP contribution in [-0.4, -0.2) is 16.7 Å². The summed E-state index contributed by atoms with van der Waals surface area (Å²) in [7, 11) is 0. The maximum atomic E-state index is 13.2. The van der Waals surface area contributed by atoms with Gasteiger partial charge in [0.15, 0.2) is 0 Å². The SMILES string of the molecule is CC(NCc1cc(F)ccc1F)C(C)(C)O. The van der Waals surface area contributed by atoms with Crippen molar-refractivity contribution in [2.45, 2.75) is 39.0 Å². The lowest BCUT2D eigenvalue weighted by molar-refractivity contribution is 0.0436. The molecule has 0 aliphatic carbocycles. The number of nitrogens with one attached hydrogen (secondary N) is 1. The second-order valence-electron chi connectivity index (χ2n) is 4.49. The summed E-state index contributed by atoms with van der Waals surface area (Å²) in [6.45, 7) is 5.30. The maximum absolute atomic E-state index is 13.2. The largest absolute Gasteiger partial charge is 0.389 e. The van der Waals surface area contributed by atoms with Gasteiger partial charge in [-0.1, -0.05) is 0 Å². The predicted octanol–water partition coefficient (Wildman–Crippen LogP) is 2.21. The molecule has 2 nitrogen and oxygen atoms in total. The quantitative estimate of drug-likeness (QED) is 0.829. The van der Waals surface area contributed by atoms with Gasteiger partial charge in [-0.3, -0.25) is 0 Å². The van der Waals surface area contributed by atoms with E-state index in [2.05, 4.69) is 5.32 Å². The zero-order valence-corrected chi connectivity index (χ0v) is 9.72. The minimum absolute atomic E-state index is 0.189. The van der Waals surface area contributed by atoms with Crippen molar-refractivity contribution in [1.82, 2.24) is 5.32 Å². The molecule has 0 saturated heterocycles. The number of aliphatic hydroxyl groups is 1. The topological polar surface area (TPSA) is 32.3 Å². The molecule has 0 radical (unpaired) electrons. The van der Waals surface area contributed by atoms with Crippen LogP contribution in [0.3, 0.4) is 0 Å². The molecule has 1 aromatic rings. The lowest BCUT2D eigenvalue weighted by Crippen LogP contribution is -2.44. The van der Waals surface area contributed by atoms with E-state index < -0.39 is 17.2 Å². The Bertz CT molecular complexity index is 361. The summed E-state index contributed by atoms with van der Waals surface area (Å²) in [5.41, 5.74) is -0.639. The zero-order chi connectivity index (χ0) is 12.3. The Morgan fingerprint density at radius 2 is 2.00 bits per heavy atom. The molecule has 2 N–H and O–H groups in total. The van der Waals surface area contributed by atoms with Gasteiger partial charge in [-0.15, -0.1) is 0 Å². The fourth-order valence-corrected chi connectivity index (χ4v) is 1.19. The molecule has 0 fully saturated rings. The molecule has 90 valence electrons. The van der Waals surface area contributed by atoms with Gasteiger partial charge in [0.05, 0.1) is 5.60 Å². The Morgan fingerprint density at radius 1 is 1.38 bits per heavy atom. The van der Waals surface area contributed by atoms with E-state index in [9.17, 15) is 13.9 Å². The molecule has 0 saturated carbocycles. The number of hydrogen-bond donors (Lipinski definition) is 2. The third kappa shape index (κ3) is 3.54. The van der Waals surface area contributed by atoms with Crippen LogP contribution in [0.15, 0.2) is 18.2 Å². The summed E-state index contributed by atoms with van der Waals surface area (Å²) in [5.74, 6) is -0.911. The summed E-state index contributed by atoms with van der Waals surface area (Å²) < 4.78 is 26.1. The highest BCUT2D eigenvalue weighted by atomic mass is 19.1. The summed E-state index contributed by atoms with van der Waals surface area (Å²) in [5, 5.41) is 12.6.